The lowest BCUT2D eigenvalue weighted by Crippen LogP contribution is -2.38. The van der Waals surface area contributed by atoms with E-state index in [0.29, 0.717) is 19.5 Å². The molecular formula is C21H28ClN9O3. The van der Waals surface area contributed by atoms with Crippen molar-refractivity contribution in [1.82, 2.24) is 20.6 Å². The van der Waals surface area contributed by atoms with Crippen molar-refractivity contribution in [2.45, 2.75) is 37.8 Å². The molecule has 34 heavy (non-hydrogen) atoms. The first-order valence-electron chi connectivity index (χ1n) is 10.7. The second-order valence-electron chi connectivity index (χ2n) is 7.79. The number of aryl methyl sites for hydroxylation is 1. The number of ether oxygens (including phenoxy) is 1. The Kier molecular flexibility index (Phi) is 8.44. The van der Waals surface area contributed by atoms with Gasteiger partial charge in [-0.15, -0.1) is 0 Å². The Morgan fingerprint density at radius 3 is 2.56 bits per heavy atom. The molecule has 1 aliphatic heterocycles. The SMILES string of the molecule is NC(=O)[C@@H]1C[C@H](Oc2ccc(CCCCN=C(N)NC(=O)c3nc(Cl)c(N)nc3N)cc2)CN1. The quantitative estimate of drug-likeness (QED) is 0.158. The third-order valence-electron chi connectivity index (χ3n) is 5.18. The van der Waals surface area contributed by atoms with Crippen molar-refractivity contribution in [2.75, 3.05) is 24.6 Å². The van der Waals surface area contributed by atoms with Crippen molar-refractivity contribution >= 4 is 41.0 Å². The molecule has 0 bridgehead atoms. The van der Waals surface area contributed by atoms with Gasteiger partial charge in [0.1, 0.15) is 11.9 Å². The van der Waals surface area contributed by atoms with Gasteiger partial charge in [-0.1, -0.05) is 23.7 Å². The Balaban J connectivity index is 1.37. The molecule has 0 saturated carbocycles. The molecule has 2 atom stereocenters. The van der Waals surface area contributed by atoms with Gasteiger partial charge in [-0.3, -0.25) is 19.9 Å². The molecule has 1 aliphatic rings. The van der Waals surface area contributed by atoms with Gasteiger partial charge in [-0.05, 0) is 37.0 Å². The number of carbonyl (C=O) groups excluding carboxylic acids is 2. The number of anilines is 2. The van der Waals surface area contributed by atoms with E-state index in [2.05, 4.69) is 25.6 Å². The van der Waals surface area contributed by atoms with Crippen LogP contribution >= 0.6 is 11.6 Å². The highest BCUT2D eigenvalue weighted by Crippen LogP contribution is 2.19. The lowest BCUT2D eigenvalue weighted by Gasteiger charge is -2.13. The van der Waals surface area contributed by atoms with Crippen LogP contribution in [0.1, 0.15) is 35.3 Å². The summed E-state index contributed by atoms with van der Waals surface area (Å²) in [5.41, 5.74) is 23.2. The molecule has 182 valence electrons. The van der Waals surface area contributed by atoms with Crippen LogP contribution in [0, 0.1) is 0 Å². The molecule has 12 nitrogen and oxygen atoms in total. The molecule has 1 aromatic carbocycles. The van der Waals surface area contributed by atoms with Gasteiger partial charge in [0.25, 0.3) is 5.91 Å². The van der Waals surface area contributed by atoms with E-state index in [-0.39, 0.29) is 46.5 Å². The predicted molar refractivity (Wildman–Crippen MR) is 129 cm³/mol. The molecule has 2 amide bonds. The maximum Gasteiger partial charge on any atom is 0.280 e. The number of aromatic nitrogens is 2. The van der Waals surface area contributed by atoms with Gasteiger partial charge < -0.3 is 33.0 Å². The van der Waals surface area contributed by atoms with Crippen LogP contribution in [0.25, 0.3) is 0 Å². The summed E-state index contributed by atoms with van der Waals surface area (Å²) in [4.78, 5) is 35.1. The predicted octanol–water partition coefficient (Wildman–Crippen LogP) is -0.0436. The lowest BCUT2D eigenvalue weighted by atomic mass is 10.1. The summed E-state index contributed by atoms with van der Waals surface area (Å²) in [5.74, 6) is -0.556. The number of primary amides is 1. The molecule has 1 saturated heterocycles. The summed E-state index contributed by atoms with van der Waals surface area (Å²) in [7, 11) is 0. The number of carbonyl (C=O) groups is 2. The average molecular weight is 490 g/mol. The van der Waals surface area contributed by atoms with Crippen LogP contribution in [0.4, 0.5) is 11.6 Å². The summed E-state index contributed by atoms with van der Waals surface area (Å²) in [6.07, 6.45) is 2.99. The Morgan fingerprint density at radius 2 is 1.88 bits per heavy atom. The smallest absolute Gasteiger partial charge is 0.280 e. The van der Waals surface area contributed by atoms with Crippen LogP contribution in [-0.4, -0.2) is 53.0 Å². The van der Waals surface area contributed by atoms with Gasteiger partial charge in [0, 0.05) is 19.5 Å². The first-order chi connectivity index (χ1) is 16.2. The Hall–Kier alpha value is -3.64. The van der Waals surface area contributed by atoms with E-state index < -0.39 is 5.91 Å². The highest BCUT2D eigenvalue weighted by molar-refractivity contribution is 6.31. The summed E-state index contributed by atoms with van der Waals surface area (Å²) in [5, 5.41) is 5.32. The van der Waals surface area contributed by atoms with Crippen molar-refractivity contribution in [1.29, 1.82) is 0 Å². The molecular weight excluding hydrogens is 462 g/mol. The highest BCUT2D eigenvalue weighted by Gasteiger charge is 2.29. The van der Waals surface area contributed by atoms with E-state index in [0.717, 1.165) is 30.6 Å². The molecule has 1 aromatic heterocycles. The van der Waals surface area contributed by atoms with Crippen LogP contribution in [0.2, 0.25) is 5.15 Å². The first-order valence-corrected chi connectivity index (χ1v) is 11.1. The van der Waals surface area contributed by atoms with Crippen molar-refractivity contribution in [3.8, 4) is 5.75 Å². The molecule has 10 N–H and O–H groups in total. The van der Waals surface area contributed by atoms with Crippen molar-refractivity contribution in [3.05, 3.63) is 40.7 Å². The van der Waals surface area contributed by atoms with Crippen molar-refractivity contribution in [2.24, 2.45) is 16.5 Å². The molecule has 1 fully saturated rings. The van der Waals surface area contributed by atoms with Gasteiger partial charge in [0.05, 0.1) is 6.04 Å². The minimum Gasteiger partial charge on any atom is -0.489 e. The van der Waals surface area contributed by atoms with Crippen molar-refractivity contribution in [3.63, 3.8) is 0 Å². The third kappa shape index (κ3) is 6.93. The van der Waals surface area contributed by atoms with Gasteiger partial charge >= 0.3 is 0 Å². The number of nitrogens with two attached hydrogens (primary N) is 4. The number of guanidine groups is 1. The van der Waals surface area contributed by atoms with Crippen LogP contribution in [0.3, 0.4) is 0 Å². The van der Waals surface area contributed by atoms with Crippen LogP contribution in [-0.2, 0) is 11.2 Å². The molecule has 0 spiro atoms. The molecule has 2 heterocycles. The zero-order valence-electron chi connectivity index (χ0n) is 18.5. The number of halogens is 1. The molecule has 0 aliphatic carbocycles. The molecule has 0 radical (unpaired) electrons. The maximum absolute atomic E-state index is 12.2. The van der Waals surface area contributed by atoms with Crippen LogP contribution in [0.5, 0.6) is 5.75 Å². The number of nitrogens with one attached hydrogen (secondary N) is 2. The largest absolute Gasteiger partial charge is 0.489 e. The maximum atomic E-state index is 12.2. The zero-order chi connectivity index (χ0) is 24.7. The lowest BCUT2D eigenvalue weighted by molar-refractivity contribution is -0.119. The minimum atomic E-state index is -0.672. The minimum absolute atomic E-state index is 0.0550. The van der Waals surface area contributed by atoms with E-state index in [1.807, 2.05) is 24.3 Å². The van der Waals surface area contributed by atoms with E-state index >= 15 is 0 Å². The fourth-order valence-electron chi connectivity index (χ4n) is 3.40. The highest BCUT2D eigenvalue weighted by atomic mass is 35.5. The van der Waals surface area contributed by atoms with Crippen molar-refractivity contribution < 1.29 is 14.3 Å². The number of nitrogen functional groups attached to an aromatic ring is 2. The number of aliphatic imine (C=N–C) groups is 1. The number of nitrogens with zero attached hydrogens (tertiary/aromatic N) is 3. The first kappa shape index (κ1) is 25.0. The number of amides is 2. The Bertz CT molecular complexity index is 1060. The number of hydrogen-bond donors (Lipinski definition) is 6. The second kappa shape index (κ2) is 11.5. The Morgan fingerprint density at radius 1 is 1.15 bits per heavy atom. The van der Waals surface area contributed by atoms with E-state index in [4.69, 9.17) is 39.3 Å². The van der Waals surface area contributed by atoms with E-state index in [9.17, 15) is 9.59 Å². The van der Waals surface area contributed by atoms with E-state index in [1.54, 1.807) is 0 Å². The molecule has 3 rings (SSSR count). The monoisotopic (exact) mass is 489 g/mol. The molecule has 13 heteroatoms. The zero-order valence-corrected chi connectivity index (χ0v) is 19.2. The summed E-state index contributed by atoms with van der Waals surface area (Å²) in [6.45, 7) is 1.03. The molecule has 2 aromatic rings. The topological polar surface area (TPSA) is 210 Å². The number of rotatable bonds is 9. The summed E-state index contributed by atoms with van der Waals surface area (Å²) < 4.78 is 5.90. The van der Waals surface area contributed by atoms with Gasteiger partial charge in [0.2, 0.25) is 5.91 Å². The van der Waals surface area contributed by atoms with Gasteiger partial charge in [0.15, 0.2) is 28.4 Å². The fraction of sp³-hybridized carbons (Fsp3) is 0.381. The molecule has 0 unspecified atom stereocenters. The Labute approximate surface area is 201 Å². The standard InChI is InChI=1S/C21H28ClN9O3/c22-16-18(24)30-17(23)15(29-16)20(33)31-21(26)27-8-2-1-3-11-4-6-12(7-5-11)34-13-9-14(19(25)32)28-10-13/h4-7,13-14,28H,1-3,8-10H2,(H2,25,32)(H4,23,24,30)(H3,26,27,31,33)/t13-,14-/m0/s1. The number of hydrogen-bond acceptors (Lipinski definition) is 9. The number of benzene rings is 1. The fourth-order valence-corrected chi connectivity index (χ4v) is 3.53. The normalized spacial score (nSPS) is 18.0. The average Bonchev–Trinajstić information content (AvgIpc) is 3.26. The van der Waals surface area contributed by atoms with Gasteiger partial charge in [-0.2, -0.15) is 0 Å². The second-order valence-corrected chi connectivity index (χ2v) is 8.15. The van der Waals surface area contributed by atoms with Gasteiger partial charge in [-0.25, -0.2) is 9.97 Å². The third-order valence-corrected chi connectivity index (χ3v) is 5.46. The summed E-state index contributed by atoms with van der Waals surface area (Å²) >= 11 is 5.78. The van der Waals surface area contributed by atoms with Crippen LogP contribution in [0.15, 0.2) is 29.3 Å². The number of unbranched alkanes of at least 4 members (excludes halogenated alkanes) is 1. The summed E-state index contributed by atoms with van der Waals surface area (Å²) in [6, 6.07) is 7.50. The van der Waals surface area contributed by atoms with E-state index in [1.165, 1.54) is 0 Å². The van der Waals surface area contributed by atoms with Crippen LogP contribution < -0.4 is 38.3 Å².